The van der Waals surface area contributed by atoms with Crippen molar-refractivity contribution in [3.63, 3.8) is 0 Å². The van der Waals surface area contributed by atoms with Gasteiger partial charge in [0.1, 0.15) is 0 Å². The van der Waals surface area contributed by atoms with Crippen molar-refractivity contribution >= 4 is 17.2 Å². The largest absolute Gasteiger partial charge is 0.0801 e. The Hall–Kier alpha value is -3.38. The number of hydrogen-bond acceptors (Lipinski definition) is 0. The van der Waals surface area contributed by atoms with E-state index in [2.05, 4.69) is 110 Å². The van der Waals surface area contributed by atoms with E-state index in [-0.39, 0.29) is 10.8 Å². The van der Waals surface area contributed by atoms with Crippen molar-refractivity contribution in [1.82, 2.24) is 0 Å². The van der Waals surface area contributed by atoms with Crippen LogP contribution in [0, 0.1) is 12.3 Å². The van der Waals surface area contributed by atoms with Crippen LogP contribution in [0.15, 0.2) is 108 Å². The molecule has 7 rings (SSSR count). The fraction of sp³-hybridized carbons (Fsp3) is 0.100. The Morgan fingerprint density at radius 3 is 2.73 bits per heavy atom. The van der Waals surface area contributed by atoms with Crippen LogP contribution >= 0.6 is 0 Å². The lowest BCUT2D eigenvalue weighted by Gasteiger charge is -2.50. The van der Waals surface area contributed by atoms with E-state index in [4.69, 9.17) is 0 Å². The molecular weight excluding hydrogens is 360 g/mol. The topological polar surface area (TPSA) is 0 Å². The van der Waals surface area contributed by atoms with Gasteiger partial charge < -0.3 is 0 Å². The number of hydrogen-bond donors (Lipinski definition) is 0. The summed E-state index contributed by atoms with van der Waals surface area (Å²) < 4.78 is 0. The summed E-state index contributed by atoms with van der Waals surface area (Å²) >= 11 is 0. The summed E-state index contributed by atoms with van der Waals surface area (Å²) in [6, 6.07) is 15.6. The van der Waals surface area contributed by atoms with Gasteiger partial charge in [0.25, 0.3) is 0 Å². The zero-order valence-corrected chi connectivity index (χ0v) is 16.7. The second-order valence-corrected chi connectivity index (χ2v) is 8.86. The molecule has 0 bridgehead atoms. The van der Waals surface area contributed by atoms with Gasteiger partial charge in [0, 0.05) is 5.41 Å². The second-order valence-electron chi connectivity index (χ2n) is 8.86. The van der Waals surface area contributed by atoms with E-state index in [1.807, 2.05) is 0 Å². The Balaban J connectivity index is 1.65. The van der Waals surface area contributed by atoms with E-state index in [1.165, 1.54) is 44.5 Å². The third kappa shape index (κ3) is 1.71. The quantitative estimate of drug-likeness (QED) is 0.461. The molecule has 5 aliphatic rings. The molecule has 0 aromatic heterocycles. The van der Waals surface area contributed by atoms with E-state index >= 15 is 0 Å². The average Bonchev–Trinajstić information content (AvgIpc) is 3.12. The molecule has 0 fully saturated rings. The highest BCUT2D eigenvalue weighted by Crippen LogP contribution is 2.69. The van der Waals surface area contributed by atoms with Gasteiger partial charge in [-0.25, -0.2) is 0 Å². The van der Waals surface area contributed by atoms with Crippen LogP contribution in [-0.2, 0) is 5.41 Å². The van der Waals surface area contributed by atoms with Crippen molar-refractivity contribution in [2.45, 2.75) is 11.8 Å². The van der Waals surface area contributed by atoms with Crippen molar-refractivity contribution in [2.75, 3.05) is 0 Å². The first-order chi connectivity index (χ1) is 14.7. The molecule has 30 heavy (non-hydrogen) atoms. The molecule has 2 spiro atoms. The van der Waals surface area contributed by atoms with E-state index in [1.54, 1.807) is 0 Å². The lowest BCUT2D eigenvalue weighted by atomic mass is 9.51. The Labute approximate surface area is 177 Å². The molecule has 2 atom stereocenters. The highest BCUT2D eigenvalue weighted by Gasteiger charge is 2.60. The van der Waals surface area contributed by atoms with Crippen LogP contribution < -0.4 is 0 Å². The minimum absolute atomic E-state index is 0.198. The molecule has 0 aliphatic heterocycles. The average molecular weight is 381 g/mol. The van der Waals surface area contributed by atoms with E-state index in [9.17, 15) is 0 Å². The summed E-state index contributed by atoms with van der Waals surface area (Å²) in [6.45, 7) is 4.22. The third-order valence-corrected chi connectivity index (χ3v) is 7.58. The normalized spacial score (nSPS) is 28.7. The van der Waals surface area contributed by atoms with Gasteiger partial charge in [-0.3, -0.25) is 0 Å². The fourth-order valence-corrected chi connectivity index (χ4v) is 6.36. The van der Waals surface area contributed by atoms with E-state index in [0.29, 0.717) is 0 Å². The summed E-state index contributed by atoms with van der Waals surface area (Å²) in [7, 11) is 0. The Kier molecular flexibility index (Phi) is 2.96. The second kappa shape index (κ2) is 5.40. The van der Waals surface area contributed by atoms with Gasteiger partial charge in [0.15, 0.2) is 0 Å². The predicted molar refractivity (Wildman–Crippen MR) is 126 cm³/mol. The standard InChI is InChI=1S/C30H21/c1-20-12-13-21-14-17-29-15-6-7-16-30(29)26-11-5-4-9-23(26)22-8-2-3-10-24(22)28(30)19-27(29)25(21)18-20/h2-9,11-19H,1,10H2. The number of allylic oxidation sites excluding steroid dienone is 13. The summed E-state index contributed by atoms with van der Waals surface area (Å²) in [6.07, 6.45) is 24.4. The van der Waals surface area contributed by atoms with Gasteiger partial charge >= 0.3 is 0 Å². The SMILES string of the molecule is [CH2]c1ccc2c(c1)C1=CC3=C4CC=CC=C4c4ccccc4C34C=CC=CC14C=C2. The van der Waals surface area contributed by atoms with Gasteiger partial charge in [0.2, 0.25) is 0 Å². The van der Waals surface area contributed by atoms with Crippen LogP contribution in [0.3, 0.4) is 0 Å². The molecule has 0 saturated carbocycles. The molecule has 0 heterocycles. The Morgan fingerprint density at radius 1 is 0.867 bits per heavy atom. The lowest BCUT2D eigenvalue weighted by Crippen LogP contribution is -2.44. The summed E-state index contributed by atoms with van der Waals surface area (Å²) in [4.78, 5) is 0. The summed E-state index contributed by atoms with van der Waals surface area (Å²) in [5.74, 6) is 0. The fourth-order valence-electron chi connectivity index (χ4n) is 6.36. The molecule has 141 valence electrons. The summed E-state index contributed by atoms with van der Waals surface area (Å²) in [5, 5.41) is 0. The van der Waals surface area contributed by atoms with Gasteiger partial charge in [-0.05, 0) is 63.5 Å². The third-order valence-electron chi connectivity index (χ3n) is 7.58. The molecule has 0 saturated heterocycles. The first-order valence-corrected chi connectivity index (χ1v) is 10.7. The lowest BCUT2D eigenvalue weighted by molar-refractivity contribution is 0.451. The molecule has 2 aromatic rings. The van der Waals surface area contributed by atoms with Crippen molar-refractivity contribution < 1.29 is 0 Å². The van der Waals surface area contributed by atoms with Crippen LogP contribution in [0.1, 0.15) is 34.2 Å². The first kappa shape index (κ1) is 16.4. The van der Waals surface area contributed by atoms with Crippen molar-refractivity contribution in [2.24, 2.45) is 5.41 Å². The van der Waals surface area contributed by atoms with Crippen LogP contribution in [0.5, 0.6) is 0 Å². The van der Waals surface area contributed by atoms with Crippen molar-refractivity contribution in [3.8, 4) is 0 Å². The molecule has 0 amide bonds. The molecule has 0 nitrogen and oxygen atoms in total. The maximum absolute atomic E-state index is 4.22. The van der Waals surface area contributed by atoms with Crippen molar-refractivity contribution in [1.29, 1.82) is 0 Å². The van der Waals surface area contributed by atoms with Crippen LogP contribution in [0.4, 0.5) is 0 Å². The van der Waals surface area contributed by atoms with Gasteiger partial charge in [0.05, 0.1) is 5.41 Å². The Morgan fingerprint density at radius 2 is 1.77 bits per heavy atom. The number of fused-ring (bicyclic) bond motifs is 5. The monoisotopic (exact) mass is 381 g/mol. The molecule has 5 aliphatic carbocycles. The van der Waals surface area contributed by atoms with Crippen molar-refractivity contribution in [3.05, 3.63) is 143 Å². The predicted octanol–water partition coefficient (Wildman–Crippen LogP) is 7.00. The molecule has 2 unspecified atom stereocenters. The minimum atomic E-state index is -0.201. The molecule has 0 N–H and O–H groups in total. The Bertz CT molecular complexity index is 1360. The number of benzene rings is 2. The first-order valence-electron chi connectivity index (χ1n) is 10.7. The van der Waals surface area contributed by atoms with E-state index < -0.39 is 0 Å². The minimum Gasteiger partial charge on any atom is -0.0801 e. The van der Waals surface area contributed by atoms with Gasteiger partial charge in [-0.15, -0.1) is 0 Å². The zero-order chi connectivity index (χ0) is 19.9. The van der Waals surface area contributed by atoms with Crippen LogP contribution in [-0.4, -0.2) is 0 Å². The molecule has 2 aromatic carbocycles. The van der Waals surface area contributed by atoms with Crippen LogP contribution in [0.2, 0.25) is 0 Å². The molecule has 1 radical (unpaired) electrons. The van der Waals surface area contributed by atoms with Crippen LogP contribution in [0.25, 0.3) is 17.2 Å². The maximum atomic E-state index is 4.22. The van der Waals surface area contributed by atoms with E-state index in [0.717, 1.165) is 12.0 Å². The van der Waals surface area contributed by atoms with Gasteiger partial charge in [-0.2, -0.15) is 0 Å². The maximum Gasteiger partial charge on any atom is 0.0560 e. The number of rotatable bonds is 0. The highest BCUT2D eigenvalue weighted by molar-refractivity contribution is 5.99. The summed E-state index contributed by atoms with van der Waals surface area (Å²) in [5.41, 5.74) is 11.8. The highest BCUT2D eigenvalue weighted by atomic mass is 14.6. The smallest absolute Gasteiger partial charge is 0.0560 e. The molecule has 0 heteroatoms. The van der Waals surface area contributed by atoms with Gasteiger partial charge in [-0.1, -0.05) is 103 Å². The zero-order valence-electron chi connectivity index (χ0n) is 16.7. The molecular formula is C30H21.